The molecule has 1 rings (SSSR count). The van der Waals surface area contributed by atoms with E-state index in [0.717, 1.165) is 23.4 Å². The van der Waals surface area contributed by atoms with Gasteiger partial charge in [-0.25, -0.2) is 0 Å². The van der Waals surface area contributed by atoms with Crippen LogP contribution in [-0.2, 0) is 0 Å². The van der Waals surface area contributed by atoms with Crippen LogP contribution in [0.4, 0.5) is 0 Å². The summed E-state index contributed by atoms with van der Waals surface area (Å²) in [4.78, 5) is 0.464. The Kier molecular flexibility index (Phi) is 2.46. The quantitative estimate of drug-likeness (QED) is 0.615. The van der Waals surface area contributed by atoms with Gasteiger partial charge in [-0.1, -0.05) is 29.9 Å². The highest BCUT2D eigenvalue weighted by molar-refractivity contribution is 7.80. The number of nitrogens with two attached hydrogens (primary N) is 1. The third-order valence-electron chi connectivity index (χ3n) is 1.38. The van der Waals surface area contributed by atoms with Gasteiger partial charge in [0.05, 0.1) is 4.99 Å². The molecule has 1 aliphatic carbocycles. The van der Waals surface area contributed by atoms with Crippen LogP contribution in [0.3, 0.4) is 0 Å². The minimum atomic E-state index is 0.464. The van der Waals surface area contributed by atoms with Gasteiger partial charge in [-0.2, -0.15) is 0 Å². The van der Waals surface area contributed by atoms with E-state index in [0.29, 0.717) is 4.99 Å². The fourth-order valence-corrected chi connectivity index (χ4v) is 1.26. The molecule has 54 valence electrons. The van der Waals surface area contributed by atoms with Crippen molar-refractivity contribution in [3.63, 3.8) is 0 Å². The lowest BCUT2D eigenvalue weighted by molar-refractivity contribution is 1.00. The van der Waals surface area contributed by atoms with Crippen molar-refractivity contribution in [3.8, 4) is 0 Å². The van der Waals surface area contributed by atoms with Crippen LogP contribution in [0.1, 0.15) is 12.8 Å². The third kappa shape index (κ3) is 1.82. The molecule has 1 nitrogen and oxygen atoms in total. The summed E-state index contributed by atoms with van der Waals surface area (Å²) < 4.78 is 0. The van der Waals surface area contributed by atoms with E-state index in [1.54, 1.807) is 0 Å². The maximum Gasteiger partial charge on any atom is 0.0995 e. The molecule has 0 spiro atoms. The zero-order chi connectivity index (χ0) is 7.56. The molecule has 0 aromatic carbocycles. The number of hydrogen-bond donors (Lipinski definition) is 1. The summed E-state index contributed by atoms with van der Waals surface area (Å²) in [5.41, 5.74) is 6.40. The minimum Gasteiger partial charge on any atom is -0.390 e. The molecule has 0 aliphatic heterocycles. The van der Waals surface area contributed by atoms with Gasteiger partial charge in [-0.3, -0.25) is 0 Å². The average molecular weight is 174 g/mol. The van der Waals surface area contributed by atoms with Crippen molar-refractivity contribution in [1.29, 1.82) is 0 Å². The zero-order valence-electron chi connectivity index (χ0n) is 5.43. The van der Waals surface area contributed by atoms with E-state index in [1.165, 1.54) is 0 Å². The molecule has 0 atom stereocenters. The van der Waals surface area contributed by atoms with Gasteiger partial charge in [0.1, 0.15) is 0 Å². The SMILES string of the molecule is NC(=S)C1=CC(Cl)=CCC1. The van der Waals surface area contributed by atoms with Gasteiger partial charge >= 0.3 is 0 Å². The van der Waals surface area contributed by atoms with Crippen LogP contribution in [0, 0.1) is 0 Å². The van der Waals surface area contributed by atoms with Gasteiger partial charge in [-0.15, -0.1) is 0 Å². The Labute approximate surface area is 70.5 Å². The second-order valence-electron chi connectivity index (χ2n) is 2.16. The number of allylic oxidation sites excluding steroid dienone is 3. The predicted molar refractivity (Wildman–Crippen MR) is 48.0 cm³/mol. The molecule has 0 aromatic heterocycles. The largest absolute Gasteiger partial charge is 0.390 e. The van der Waals surface area contributed by atoms with E-state index in [4.69, 9.17) is 29.6 Å². The summed E-state index contributed by atoms with van der Waals surface area (Å²) >= 11 is 10.5. The first-order valence-corrected chi connectivity index (χ1v) is 3.85. The molecule has 0 aromatic rings. The first kappa shape index (κ1) is 7.76. The number of hydrogen-bond acceptors (Lipinski definition) is 1. The Hall–Kier alpha value is -0.340. The lowest BCUT2D eigenvalue weighted by Crippen LogP contribution is -2.12. The molecule has 0 bridgehead atoms. The van der Waals surface area contributed by atoms with Crippen molar-refractivity contribution < 1.29 is 0 Å². The highest BCUT2D eigenvalue weighted by Crippen LogP contribution is 2.19. The Morgan fingerprint density at radius 3 is 2.80 bits per heavy atom. The monoisotopic (exact) mass is 173 g/mol. The van der Waals surface area contributed by atoms with Crippen LogP contribution in [-0.4, -0.2) is 4.99 Å². The molecule has 0 saturated heterocycles. The van der Waals surface area contributed by atoms with Crippen LogP contribution in [0.15, 0.2) is 22.8 Å². The number of halogens is 1. The first-order chi connectivity index (χ1) is 4.70. The van der Waals surface area contributed by atoms with Gasteiger partial charge in [-0.05, 0) is 24.5 Å². The minimum absolute atomic E-state index is 0.464. The van der Waals surface area contributed by atoms with Crippen LogP contribution in [0.5, 0.6) is 0 Å². The van der Waals surface area contributed by atoms with Gasteiger partial charge in [0.2, 0.25) is 0 Å². The van der Waals surface area contributed by atoms with E-state index in [-0.39, 0.29) is 0 Å². The Bertz CT molecular complexity index is 218. The van der Waals surface area contributed by atoms with Crippen molar-refractivity contribution in [3.05, 3.63) is 22.8 Å². The summed E-state index contributed by atoms with van der Waals surface area (Å²) in [5, 5.41) is 0.744. The van der Waals surface area contributed by atoms with E-state index >= 15 is 0 Å². The lowest BCUT2D eigenvalue weighted by atomic mass is 10.1. The molecule has 0 unspecified atom stereocenters. The highest BCUT2D eigenvalue weighted by atomic mass is 35.5. The van der Waals surface area contributed by atoms with Crippen molar-refractivity contribution in [2.24, 2.45) is 5.73 Å². The van der Waals surface area contributed by atoms with Crippen molar-refractivity contribution in [1.82, 2.24) is 0 Å². The van der Waals surface area contributed by atoms with Crippen molar-refractivity contribution >= 4 is 28.8 Å². The fourth-order valence-electron chi connectivity index (χ4n) is 0.857. The zero-order valence-corrected chi connectivity index (χ0v) is 7.00. The van der Waals surface area contributed by atoms with Crippen LogP contribution < -0.4 is 5.73 Å². The van der Waals surface area contributed by atoms with Gasteiger partial charge in [0.25, 0.3) is 0 Å². The second kappa shape index (κ2) is 3.17. The molecule has 0 heterocycles. The Balaban J connectivity index is 2.78. The van der Waals surface area contributed by atoms with Crippen LogP contribution >= 0.6 is 23.8 Å². The summed E-state index contributed by atoms with van der Waals surface area (Å²) in [6.45, 7) is 0. The maximum absolute atomic E-state index is 5.72. The maximum atomic E-state index is 5.72. The second-order valence-corrected chi connectivity index (χ2v) is 3.04. The molecule has 2 N–H and O–H groups in total. The topological polar surface area (TPSA) is 26.0 Å². The average Bonchev–Trinajstić information content (AvgIpc) is 1.88. The summed E-state index contributed by atoms with van der Waals surface area (Å²) in [7, 11) is 0. The molecule has 0 amide bonds. The number of thiocarbonyl (C=S) groups is 1. The summed E-state index contributed by atoms with van der Waals surface area (Å²) in [6.07, 6.45) is 5.66. The van der Waals surface area contributed by atoms with E-state index in [1.807, 2.05) is 12.2 Å². The Morgan fingerprint density at radius 2 is 2.40 bits per heavy atom. The normalized spacial score (nSPS) is 17.7. The van der Waals surface area contributed by atoms with Gasteiger partial charge < -0.3 is 5.73 Å². The first-order valence-electron chi connectivity index (χ1n) is 3.06. The molecule has 0 saturated carbocycles. The highest BCUT2D eigenvalue weighted by Gasteiger charge is 2.04. The summed E-state index contributed by atoms with van der Waals surface area (Å²) in [6, 6.07) is 0. The smallest absolute Gasteiger partial charge is 0.0995 e. The summed E-state index contributed by atoms with van der Waals surface area (Å²) in [5.74, 6) is 0. The van der Waals surface area contributed by atoms with Crippen molar-refractivity contribution in [2.75, 3.05) is 0 Å². The molecular weight excluding hydrogens is 166 g/mol. The van der Waals surface area contributed by atoms with E-state index < -0.39 is 0 Å². The van der Waals surface area contributed by atoms with Gasteiger partial charge in [0.15, 0.2) is 0 Å². The number of rotatable bonds is 1. The third-order valence-corrected chi connectivity index (χ3v) is 1.91. The molecule has 0 radical (unpaired) electrons. The Morgan fingerprint density at radius 1 is 1.70 bits per heavy atom. The van der Waals surface area contributed by atoms with E-state index in [2.05, 4.69) is 0 Å². The van der Waals surface area contributed by atoms with E-state index in [9.17, 15) is 0 Å². The van der Waals surface area contributed by atoms with Gasteiger partial charge in [0, 0.05) is 5.03 Å². The molecular formula is C7H8ClNS. The molecule has 0 fully saturated rings. The lowest BCUT2D eigenvalue weighted by Gasteiger charge is -2.07. The van der Waals surface area contributed by atoms with Crippen LogP contribution in [0.25, 0.3) is 0 Å². The molecule has 3 heteroatoms. The fraction of sp³-hybridized carbons (Fsp3) is 0.286. The van der Waals surface area contributed by atoms with Crippen molar-refractivity contribution in [2.45, 2.75) is 12.8 Å². The standard InChI is InChI=1S/C7H8ClNS/c8-6-3-1-2-5(4-6)7(9)10/h3-4H,1-2H2,(H2,9,10). The van der Waals surface area contributed by atoms with Crippen LogP contribution in [0.2, 0.25) is 0 Å². The molecule has 1 aliphatic rings. The molecule has 10 heavy (non-hydrogen) atoms. The predicted octanol–water partition coefficient (Wildman–Crippen LogP) is 2.12.